The van der Waals surface area contributed by atoms with Crippen molar-refractivity contribution in [1.29, 1.82) is 0 Å². The zero-order chi connectivity index (χ0) is 9.19. The summed E-state index contributed by atoms with van der Waals surface area (Å²) in [5.41, 5.74) is 0.417. The topological polar surface area (TPSA) is 3.24 Å². The highest BCUT2D eigenvalue weighted by molar-refractivity contribution is 6.20. The van der Waals surface area contributed by atoms with Crippen LogP contribution < -0.4 is 0 Å². The van der Waals surface area contributed by atoms with E-state index >= 15 is 0 Å². The van der Waals surface area contributed by atoms with E-state index in [9.17, 15) is 0 Å². The van der Waals surface area contributed by atoms with Gasteiger partial charge in [-0.1, -0.05) is 20.8 Å². The van der Waals surface area contributed by atoms with E-state index in [1.807, 2.05) is 0 Å². The van der Waals surface area contributed by atoms with Crippen molar-refractivity contribution in [3.05, 3.63) is 0 Å². The molecule has 0 spiro atoms. The first-order valence-corrected chi connectivity index (χ1v) is 5.33. The molecule has 1 heterocycles. The summed E-state index contributed by atoms with van der Waals surface area (Å²) in [6.07, 6.45) is 2.40. The van der Waals surface area contributed by atoms with Gasteiger partial charge in [0.1, 0.15) is 0 Å². The number of hydrogen-bond acceptors (Lipinski definition) is 1. The quantitative estimate of drug-likeness (QED) is 0.604. The maximum Gasteiger partial charge on any atom is 0.0468 e. The predicted octanol–water partition coefficient (Wildman–Crippen LogP) is 2.74. The molecule has 0 aromatic heterocycles. The summed E-state index contributed by atoms with van der Waals surface area (Å²) in [6.45, 7) is 10.3. The second-order valence-corrected chi connectivity index (χ2v) is 5.32. The fourth-order valence-corrected chi connectivity index (χ4v) is 2.78. The predicted molar refractivity (Wildman–Crippen MR) is 54.8 cm³/mol. The standard InChI is InChI=1S/C10H20ClN/c1-4-5-12-7-9(11)6-10(2,3)8-12/h9H,4-8H2,1-3H3. The number of halogens is 1. The van der Waals surface area contributed by atoms with E-state index in [0.29, 0.717) is 10.8 Å². The van der Waals surface area contributed by atoms with E-state index < -0.39 is 0 Å². The molecule has 0 aromatic rings. The van der Waals surface area contributed by atoms with Gasteiger partial charge in [0.2, 0.25) is 0 Å². The summed E-state index contributed by atoms with van der Waals surface area (Å²) < 4.78 is 0. The van der Waals surface area contributed by atoms with Crippen molar-refractivity contribution in [2.45, 2.75) is 39.0 Å². The van der Waals surface area contributed by atoms with Crippen molar-refractivity contribution in [2.75, 3.05) is 19.6 Å². The molecule has 0 aromatic carbocycles. The van der Waals surface area contributed by atoms with Gasteiger partial charge in [-0.2, -0.15) is 0 Å². The van der Waals surface area contributed by atoms with Crippen LogP contribution in [0.5, 0.6) is 0 Å². The molecule has 0 radical (unpaired) electrons. The molecule has 2 heteroatoms. The van der Waals surface area contributed by atoms with Gasteiger partial charge in [-0.15, -0.1) is 11.6 Å². The van der Waals surface area contributed by atoms with Crippen LogP contribution in [-0.4, -0.2) is 29.9 Å². The summed E-state index contributed by atoms with van der Waals surface area (Å²) >= 11 is 6.19. The van der Waals surface area contributed by atoms with Gasteiger partial charge in [-0.25, -0.2) is 0 Å². The Kier molecular flexibility index (Phi) is 3.42. The van der Waals surface area contributed by atoms with Gasteiger partial charge in [0.05, 0.1) is 0 Å². The van der Waals surface area contributed by atoms with Gasteiger partial charge in [-0.05, 0) is 24.8 Å². The first kappa shape index (κ1) is 10.3. The van der Waals surface area contributed by atoms with Crippen molar-refractivity contribution in [2.24, 2.45) is 5.41 Å². The lowest BCUT2D eigenvalue weighted by atomic mass is 9.84. The van der Waals surface area contributed by atoms with Crippen LogP contribution in [0.4, 0.5) is 0 Å². The third-order valence-electron chi connectivity index (χ3n) is 2.42. The lowest BCUT2D eigenvalue weighted by Crippen LogP contribution is -2.45. The molecule has 0 saturated carbocycles. The summed E-state index contributed by atoms with van der Waals surface area (Å²) in [7, 11) is 0. The molecule has 72 valence electrons. The third-order valence-corrected chi connectivity index (χ3v) is 2.71. The minimum absolute atomic E-state index is 0.361. The van der Waals surface area contributed by atoms with E-state index in [0.717, 1.165) is 13.0 Å². The van der Waals surface area contributed by atoms with Crippen molar-refractivity contribution < 1.29 is 0 Å². The first-order chi connectivity index (χ1) is 5.53. The van der Waals surface area contributed by atoms with Gasteiger partial charge in [0.25, 0.3) is 0 Å². The Morgan fingerprint density at radius 2 is 2.17 bits per heavy atom. The molecule has 1 unspecified atom stereocenters. The molecule has 1 rings (SSSR count). The summed E-state index contributed by atoms with van der Waals surface area (Å²) in [4.78, 5) is 2.49. The number of hydrogen-bond donors (Lipinski definition) is 0. The van der Waals surface area contributed by atoms with Crippen LogP contribution >= 0.6 is 11.6 Å². The number of rotatable bonds is 2. The fourth-order valence-electron chi connectivity index (χ4n) is 2.17. The van der Waals surface area contributed by atoms with E-state index in [1.54, 1.807) is 0 Å². The first-order valence-electron chi connectivity index (χ1n) is 4.90. The Morgan fingerprint density at radius 1 is 1.50 bits per heavy atom. The zero-order valence-electron chi connectivity index (χ0n) is 8.44. The van der Waals surface area contributed by atoms with Crippen molar-refractivity contribution in [3.63, 3.8) is 0 Å². The minimum Gasteiger partial charge on any atom is -0.301 e. The summed E-state index contributed by atoms with van der Waals surface area (Å²) in [6, 6.07) is 0. The van der Waals surface area contributed by atoms with Crippen molar-refractivity contribution >= 4 is 11.6 Å². The number of likely N-dealkylation sites (tertiary alicyclic amines) is 1. The van der Waals surface area contributed by atoms with Crippen molar-refractivity contribution in [3.8, 4) is 0 Å². The molecule has 1 aliphatic rings. The van der Waals surface area contributed by atoms with Crippen LogP contribution in [0.3, 0.4) is 0 Å². The minimum atomic E-state index is 0.361. The van der Waals surface area contributed by atoms with Gasteiger partial charge in [0, 0.05) is 18.5 Å². The third kappa shape index (κ3) is 2.95. The Morgan fingerprint density at radius 3 is 2.67 bits per heavy atom. The lowest BCUT2D eigenvalue weighted by molar-refractivity contribution is 0.121. The monoisotopic (exact) mass is 189 g/mol. The number of nitrogens with zero attached hydrogens (tertiary/aromatic N) is 1. The molecule has 1 nitrogen and oxygen atoms in total. The Hall–Kier alpha value is 0.250. The van der Waals surface area contributed by atoms with E-state index in [-0.39, 0.29) is 0 Å². The second kappa shape index (κ2) is 3.97. The molecule has 12 heavy (non-hydrogen) atoms. The molecule has 1 aliphatic heterocycles. The zero-order valence-corrected chi connectivity index (χ0v) is 9.19. The molecule has 1 saturated heterocycles. The highest BCUT2D eigenvalue weighted by Gasteiger charge is 2.30. The largest absolute Gasteiger partial charge is 0.301 e. The summed E-state index contributed by atoms with van der Waals surface area (Å²) in [5, 5.41) is 0.361. The SMILES string of the molecule is CCCN1CC(Cl)CC(C)(C)C1. The molecule has 1 fully saturated rings. The van der Waals surface area contributed by atoms with Crippen LogP contribution in [0, 0.1) is 5.41 Å². The smallest absolute Gasteiger partial charge is 0.0468 e. The summed E-state index contributed by atoms with van der Waals surface area (Å²) in [5.74, 6) is 0. The average molecular weight is 190 g/mol. The van der Waals surface area contributed by atoms with Crippen LogP contribution in [0.2, 0.25) is 0 Å². The van der Waals surface area contributed by atoms with E-state index in [1.165, 1.54) is 19.5 Å². The molecular formula is C10H20ClN. The Labute approximate surface area is 81.1 Å². The Bertz CT molecular complexity index is 145. The highest BCUT2D eigenvalue weighted by Crippen LogP contribution is 2.31. The normalized spacial score (nSPS) is 30.5. The molecule has 1 atom stereocenters. The van der Waals surface area contributed by atoms with E-state index in [4.69, 9.17) is 11.6 Å². The maximum atomic E-state index is 6.19. The number of alkyl halides is 1. The Balaban J connectivity index is 2.46. The van der Waals surface area contributed by atoms with Gasteiger partial charge in [-0.3, -0.25) is 0 Å². The van der Waals surface area contributed by atoms with Crippen LogP contribution in [0.15, 0.2) is 0 Å². The van der Waals surface area contributed by atoms with Gasteiger partial charge in [0.15, 0.2) is 0 Å². The van der Waals surface area contributed by atoms with E-state index in [2.05, 4.69) is 25.7 Å². The number of piperidine rings is 1. The molecule has 0 N–H and O–H groups in total. The maximum absolute atomic E-state index is 6.19. The van der Waals surface area contributed by atoms with Crippen LogP contribution in [0.25, 0.3) is 0 Å². The highest BCUT2D eigenvalue weighted by atomic mass is 35.5. The molecular weight excluding hydrogens is 170 g/mol. The van der Waals surface area contributed by atoms with Crippen LogP contribution in [0.1, 0.15) is 33.6 Å². The van der Waals surface area contributed by atoms with Gasteiger partial charge < -0.3 is 4.90 Å². The lowest BCUT2D eigenvalue weighted by Gasteiger charge is -2.40. The molecule has 0 bridgehead atoms. The average Bonchev–Trinajstić information content (AvgIpc) is 1.82. The molecule has 0 amide bonds. The second-order valence-electron chi connectivity index (χ2n) is 4.70. The fraction of sp³-hybridized carbons (Fsp3) is 1.00. The van der Waals surface area contributed by atoms with Gasteiger partial charge >= 0.3 is 0 Å². The van der Waals surface area contributed by atoms with Crippen LogP contribution in [-0.2, 0) is 0 Å². The van der Waals surface area contributed by atoms with Crippen molar-refractivity contribution in [1.82, 2.24) is 4.90 Å². The molecule has 0 aliphatic carbocycles.